The summed E-state index contributed by atoms with van der Waals surface area (Å²) >= 11 is 0. The van der Waals surface area contributed by atoms with Crippen molar-refractivity contribution in [3.8, 4) is 11.8 Å². The van der Waals surface area contributed by atoms with Crippen LogP contribution in [-0.4, -0.2) is 0 Å². The van der Waals surface area contributed by atoms with Crippen LogP contribution in [0.1, 0.15) is 24.0 Å². The molecule has 13 heavy (non-hydrogen) atoms. The lowest BCUT2D eigenvalue weighted by molar-refractivity contribution is 0.627. The average Bonchev–Trinajstić information content (AvgIpc) is 2.90. The molecule has 0 atom stereocenters. The molecule has 0 aromatic heterocycles. The molecular formula is C12H11F. The molecule has 0 heterocycles. The first-order valence-corrected chi connectivity index (χ1v) is 4.53. The predicted octanol–water partition coefficient (Wildman–Crippen LogP) is 2.90. The predicted molar refractivity (Wildman–Crippen MR) is 50.7 cm³/mol. The van der Waals surface area contributed by atoms with Gasteiger partial charge < -0.3 is 0 Å². The number of hydrogen-bond donors (Lipinski definition) is 0. The van der Waals surface area contributed by atoms with Crippen LogP contribution in [0.4, 0.5) is 4.39 Å². The number of aryl methyl sites for hydroxylation is 1. The number of halogens is 1. The molecule has 0 radical (unpaired) electrons. The second kappa shape index (κ2) is 3.22. The van der Waals surface area contributed by atoms with E-state index in [1.807, 2.05) is 6.92 Å². The topological polar surface area (TPSA) is 0 Å². The van der Waals surface area contributed by atoms with Crippen LogP contribution in [0.2, 0.25) is 0 Å². The summed E-state index contributed by atoms with van der Waals surface area (Å²) in [5, 5.41) is 0. The minimum absolute atomic E-state index is 0.203. The van der Waals surface area contributed by atoms with Gasteiger partial charge in [-0.05, 0) is 37.5 Å². The molecule has 0 spiro atoms. The highest BCUT2D eigenvalue weighted by molar-refractivity contribution is 5.41. The van der Waals surface area contributed by atoms with Crippen molar-refractivity contribution in [2.75, 3.05) is 0 Å². The van der Waals surface area contributed by atoms with Crippen LogP contribution in [-0.2, 0) is 0 Å². The molecule has 1 fully saturated rings. The SMILES string of the molecule is Cc1ccc(F)cc1C#CC1CC1. The summed E-state index contributed by atoms with van der Waals surface area (Å²) in [6, 6.07) is 4.74. The lowest BCUT2D eigenvalue weighted by Crippen LogP contribution is -1.84. The van der Waals surface area contributed by atoms with Crippen LogP contribution in [0.25, 0.3) is 0 Å². The summed E-state index contributed by atoms with van der Waals surface area (Å²) in [6.07, 6.45) is 2.42. The molecule has 1 saturated carbocycles. The van der Waals surface area contributed by atoms with Crippen LogP contribution >= 0.6 is 0 Å². The number of benzene rings is 1. The Morgan fingerprint density at radius 3 is 2.85 bits per heavy atom. The molecular weight excluding hydrogens is 163 g/mol. The molecule has 0 aliphatic heterocycles. The maximum atomic E-state index is 12.8. The Morgan fingerprint density at radius 1 is 1.38 bits per heavy atom. The third-order valence-corrected chi connectivity index (χ3v) is 2.19. The smallest absolute Gasteiger partial charge is 0.124 e. The molecule has 0 unspecified atom stereocenters. The van der Waals surface area contributed by atoms with Gasteiger partial charge in [-0.2, -0.15) is 0 Å². The van der Waals surface area contributed by atoms with E-state index in [2.05, 4.69) is 11.8 Å². The zero-order chi connectivity index (χ0) is 9.26. The van der Waals surface area contributed by atoms with Crippen molar-refractivity contribution in [1.29, 1.82) is 0 Å². The van der Waals surface area contributed by atoms with Crippen LogP contribution in [0.15, 0.2) is 18.2 Å². The van der Waals surface area contributed by atoms with Gasteiger partial charge in [-0.15, -0.1) is 0 Å². The zero-order valence-electron chi connectivity index (χ0n) is 7.60. The molecule has 2 rings (SSSR count). The van der Waals surface area contributed by atoms with E-state index in [4.69, 9.17) is 0 Å². The van der Waals surface area contributed by atoms with Crippen LogP contribution in [0.3, 0.4) is 0 Å². The highest BCUT2D eigenvalue weighted by Gasteiger charge is 2.17. The average molecular weight is 174 g/mol. The fraction of sp³-hybridized carbons (Fsp3) is 0.333. The van der Waals surface area contributed by atoms with Gasteiger partial charge in [0, 0.05) is 11.5 Å². The Labute approximate surface area is 77.8 Å². The van der Waals surface area contributed by atoms with E-state index < -0.39 is 0 Å². The molecule has 0 nitrogen and oxygen atoms in total. The summed E-state index contributed by atoms with van der Waals surface area (Å²) in [5.74, 6) is 6.52. The summed E-state index contributed by atoms with van der Waals surface area (Å²) in [4.78, 5) is 0. The molecule has 1 aromatic carbocycles. The third-order valence-electron chi connectivity index (χ3n) is 2.19. The normalized spacial score (nSPS) is 14.9. The molecule has 66 valence electrons. The fourth-order valence-corrected chi connectivity index (χ4v) is 1.14. The molecule has 1 heteroatoms. The standard InChI is InChI=1S/C12H11F/c1-9-2-7-12(13)8-11(9)6-5-10-3-4-10/h2,7-8,10H,3-4H2,1H3. The first-order valence-electron chi connectivity index (χ1n) is 4.53. The maximum Gasteiger partial charge on any atom is 0.124 e. The van der Waals surface area contributed by atoms with Gasteiger partial charge in [0.2, 0.25) is 0 Å². The van der Waals surface area contributed by atoms with Crippen LogP contribution in [0, 0.1) is 30.5 Å². The lowest BCUT2D eigenvalue weighted by atomic mass is 10.1. The Bertz CT molecular complexity index is 378. The number of hydrogen-bond acceptors (Lipinski definition) is 0. The second-order valence-electron chi connectivity index (χ2n) is 3.50. The highest BCUT2D eigenvalue weighted by Crippen LogP contribution is 2.27. The van der Waals surface area contributed by atoms with Gasteiger partial charge in [0.1, 0.15) is 5.82 Å². The Kier molecular flexibility index (Phi) is 2.06. The van der Waals surface area contributed by atoms with Gasteiger partial charge in [-0.1, -0.05) is 17.9 Å². The van der Waals surface area contributed by atoms with Crippen molar-refractivity contribution in [2.45, 2.75) is 19.8 Å². The van der Waals surface area contributed by atoms with Gasteiger partial charge in [-0.25, -0.2) is 4.39 Å². The van der Waals surface area contributed by atoms with Gasteiger partial charge in [-0.3, -0.25) is 0 Å². The largest absolute Gasteiger partial charge is 0.207 e. The van der Waals surface area contributed by atoms with Crippen molar-refractivity contribution in [3.05, 3.63) is 35.1 Å². The van der Waals surface area contributed by atoms with Crippen LogP contribution in [0.5, 0.6) is 0 Å². The minimum atomic E-state index is -0.203. The Balaban J connectivity index is 2.28. The minimum Gasteiger partial charge on any atom is -0.207 e. The van der Waals surface area contributed by atoms with E-state index in [1.165, 1.54) is 25.0 Å². The quantitative estimate of drug-likeness (QED) is 0.530. The van der Waals surface area contributed by atoms with E-state index in [9.17, 15) is 4.39 Å². The first kappa shape index (κ1) is 8.31. The number of rotatable bonds is 0. The van der Waals surface area contributed by atoms with E-state index in [0.29, 0.717) is 5.92 Å². The summed E-state index contributed by atoms with van der Waals surface area (Å²) < 4.78 is 12.8. The van der Waals surface area contributed by atoms with Crippen molar-refractivity contribution in [2.24, 2.45) is 5.92 Å². The monoisotopic (exact) mass is 174 g/mol. The lowest BCUT2D eigenvalue weighted by Gasteiger charge is -1.96. The van der Waals surface area contributed by atoms with Crippen molar-refractivity contribution in [1.82, 2.24) is 0 Å². The fourth-order valence-electron chi connectivity index (χ4n) is 1.14. The van der Waals surface area contributed by atoms with E-state index >= 15 is 0 Å². The van der Waals surface area contributed by atoms with E-state index in [-0.39, 0.29) is 5.82 Å². The Hall–Kier alpha value is -1.29. The van der Waals surface area contributed by atoms with Gasteiger partial charge >= 0.3 is 0 Å². The summed E-state index contributed by atoms with van der Waals surface area (Å²) in [6.45, 7) is 1.95. The molecule has 1 aliphatic carbocycles. The molecule has 1 aliphatic rings. The zero-order valence-corrected chi connectivity index (χ0v) is 7.60. The van der Waals surface area contributed by atoms with Crippen molar-refractivity contribution in [3.63, 3.8) is 0 Å². The van der Waals surface area contributed by atoms with Gasteiger partial charge in [0.15, 0.2) is 0 Å². The summed E-state index contributed by atoms with van der Waals surface area (Å²) in [5.41, 5.74) is 1.88. The van der Waals surface area contributed by atoms with Gasteiger partial charge in [0.25, 0.3) is 0 Å². The Morgan fingerprint density at radius 2 is 2.15 bits per heavy atom. The maximum absolute atomic E-state index is 12.8. The van der Waals surface area contributed by atoms with E-state index in [0.717, 1.165) is 11.1 Å². The van der Waals surface area contributed by atoms with Gasteiger partial charge in [0.05, 0.1) is 0 Å². The molecule has 0 bridgehead atoms. The summed E-state index contributed by atoms with van der Waals surface area (Å²) in [7, 11) is 0. The third kappa shape index (κ3) is 2.09. The van der Waals surface area contributed by atoms with Crippen molar-refractivity contribution < 1.29 is 4.39 Å². The highest BCUT2D eigenvalue weighted by atomic mass is 19.1. The molecule has 0 N–H and O–H groups in total. The van der Waals surface area contributed by atoms with Crippen molar-refractivity contribution >= 4 is 0 Å². The first-order chi connectivity index (χ1) is 6.25. The van der Waals surface area contributed by atoms with E-state index in [1.54, 1.807) is 6.07 Å². The molecule has 0 amide bonds. The molecule has 0 saturated heterocycles. The molecule has 1 aromatic rings. The van der Waals surface area contributed by atoms with Crippen LogP contribution < -0.4 is 0 Å². The second-order valence-corrected chi connectivity index (χ2v) is 3.50.